The predicted octanol–water partition coefficient (Wildman–Crippen LogP) is 1.18. The van der Waals surface area contributed by atoms with E-state index in [1.807, 2.05) is 0 Å². The van der Waals surface area contributed by atoms with Crippen LogP contribution in [0.25, 0.3) is 0 Å². The first kappa shape index (κ1) is 14.6. The molecule has 1 fully saturated rings. The van der Waals surface area contributed by atoms with E-state index in [0.717, 1.165) is 6.42 Å². The molecule has 110 valence electrons. The van der Waals surface area contributed by atoms with Gasteiger partial charge in [-0.15, -0.1) is 0 Å². The summed E-state index contributed by atoms with van der Waals surface area (Å²) in [5.41, 5.74) is 6.52. The highest BCUT2D eigenvalue weighted by molar-refractivity contribution is 7.92. The number of carbonyl (C=O) groups excluding carboxylic acids is 1. The maximum Gasteiger partial charge on any atom is 0.242 e. The highest BCUT2D eigenvalue weighted by Crippen LogP contribution is 2.28. The standard InChI is InChI=1S/C13H18N2O4S/c1-19-11-6-5-9(14)8-10(11)15-13(16)12-4-2-3-7-20(12,17)18/h5-6,8,12H,2-4,7,14H2,1H3,(H,15,16). The van der Waals surface area contributed by atoms with Crippen molar-refractivity contribution in [3.05, 3.63) is 18.2 Å². The molecule has 1 atom stereocenters. The van der Waals surface area contributed by atoms with Crippen LogP contribution in [0.2, 0.25) is 0 Å². The number of amides is 1. The summed E-state index contributed by atoms with van der Waals surface area (Å²) < 4.78 is 29.0. The number of sulfone groups is 1. The van der Waals surface area contributed by atoms with Gasteiger partial charge in [0, 0.05) is 5.69 Å². The van der Waals surface area contributed by atoms with Gasteiger partial charge in [-0.25, -0.2) is 8.42 Å². The van der Waals surface area contributed by atoms with Gasteiger partial charge in [0.2, 0.25) is 5.91 Å². The Labute approximate surface area is 118 Å². The zero-order valence-corrected chi connectivity index (χ0v) is 12.1. The zero-order chi connectivity index (χ0) is 14.8. The first-order valence-electron chi connectivity index (χ1n) is 6.40. The van der Waals surface area contributed by atoms with E-state index in [1.54, 1.807) is 18.2 Å². The smallest absolute Gasteiger partial charge is 0.242 e. The lowest BCUT2D eigenvalue weighted by molar-refractivity contribution is -0.116. The summed E-state index contributed by atoms with van der Waals surface area (Å²) in [6.45, 7) is 0. The number of nitrogens with one attached hydrogen (secondary N) is 1. The molecule has 2 rings (SSSR count). The molecule has 6 nitrogen and oxygen atoms in total. The van der Waals surface area contributed by atoms with Gasteiger partial charge in [-0.1, -0.05) is 6.42 Å². The second-order valence-electron chi connectivity index (χ2n) is 4.80. The van der Waals surface area contributed by atoms with Crippen LogP contribution >= 0.6 is 0 Å². The summed E-state index contributed by atoms with van der Waals surface area (Å²) in [5.74, 6) is -0.00607. The maximum absolute atomic E-state index is 12.2. The van der Waals surface area contributed by atoms with Crippen molar-refractivity contribution < 1.29 is 17.9 Å². The minimum atomic E-state index is -3.36. The van der Waals surface area contributed by atoms with E-state index in [1.165, 1.54) is 7.11 Å². The zero-order valence-electron chi connectivity index (χ0n) is 11.3. The van der Waals surface area contributed by atoms with Crippen molar-refractivity contribution in [2.75, 3.05) is 23.9 Å². The molecule has 0 radical (unpaired) electrons. The van der Waals surface area contributed by atoms with Crippen molar-refractivity contribution in [3.8, 4) is 5.75 Å². The number of nitrogens with two attached hydrogens (primary N) is 1. The molecule has 0 bridgehead atoms. The number of carbonyl (C=O) groups is 1. The minimum Gasteiger partial charge on any atom is -0.495 e. The molecule has 20 heavy (non-hydrogen) atoms. The molecule has 1 aromatic rings. The van der Waals surface area contributed by atoms with E-state index in [0.29, 0.717) is 30.0 Å². The number of methoxy groups -OCH3 is 1. The number of nitrogen functional groups attached to an aromatic ring is 1. The summed E-state index contributed by atoms with van der Waals surface area (Å²) in [6, 6.07) is 4.82. The van der Waals surface area contributed by atoms with Crippen molar-refractivity contribution >= 4 is 27.1 Å². The predicted molar refractivity (Wildman–Crippen MR) is 77.5 cm³/mol. The van der Waals surface area contributed by atoms with Gasteiger partial charge in [-0.3, -0.25) is 4.79 Å². The first-order chi connectivity index (χ1) is 9.44. The molecular weight excluding hydrogens is 280 g/mol. The van der Waals surface area contributed by atoms with Crippen LogP contribution in [0.4, 0.5) is 11.4 Å². The molecule has 0 saturated carbocycles. The molecule has 1 amide bonds. The van der Waals surface area contributed by atoms with Crippen molar-refractivity contribution in [1.29, 1.82) is 0 Å². The van der Waals surface area contributed by atoms with Crippen LogP contribution in [0.3, 0.4) is 0 Å². The summed E-state index contributed by atoms with van der Waals surface area (Å²) in [7, 11) is -1.89. The number of benzene rings is 1. The molecule has 0 aliphatic carbocycles. The number of ether oxygens (including phenoxy) is 1. The molecule has 1 heterocycles. The highest BCUT2D eigenvalue weighted by atomic mass is 32.2. The average Bonchev–Trinajstić information content (AvgIpc) is 2.38. The third-order valence-corrected chi connectivity index (χ3v) is 5.53. The van der Waals surface area contributed by atoms with Gasteiger partial charge < -0.3 is 15.8 Å². The van der Waals surface area contributed by atoms with Gasteiger partial charge in [0.1, 0.15) is 11.0 Å². The van der Waals surface area contributed by atoms with Crippen molar-refractivity contribution in [2.45, 2.75) is 24.5 Å². The summed E-state index contributed by atoms with van der Waals surface area (Å²) in [4.78, 5) is 12.2. The maximum atomic E-state index is 12.2. The van der Waals surface area contributed by atoms with Gasteiger partial charge in [0.15, 0.2) is 9.84 Å². The Morgan fingerprint density at radius 1 is 1.40 bits per heavy atom. The fourth-order valence-corrected chi connectivity index (χ4v) is 4.09. The lowest BCUT2D eigenvalue weighted by atomic mass is 10.1. The molecule has 1 unspecified atom stereocenters. The highest BCUT2D eigenvalue weighted by Gasteiger charge is 2.35. The Hall–Kier alpha value is -1.76. The topological polar surface area (TPSA) is 98.5 Å². The Morgan fingerprint density at radius 2 is 2.15 bits per heavy atom. The Kier molecular flexibility index (Phi) is 4.17. The van der Waals surface area contributed by atoms with Gasteiger partial charge >= 0.3 is 0 Å². The fourth-order valence-electron chi connectivity index (χ4n) is 2.29. The van der Waals surface area contributed by atoms with Gasteiger partial charge in [-0.2, -0.15) is 0 Å². The van der Waals surface area contributed by atoms with Crippen LogP contribution in [0.1, 0.15) is 19.3 Å². The van der Waals surface area contributed by atoms with Crippen LogP contribution < -0.4 is 15.8 Å². The van der Waals surface area contributed by atoms with Gasteiger partial charge in [0.05, 0.1) is 18.6 Å². The number of rotatable bonds is 3. The second kappa shape index (κ2) is 5.70. The fraction of sp³-hybridized carbons (Fsp3) is 0.462. The van der Waals surface area contributed by atoms with Gasteiger partial charge in [-0.05, 0) is 31.0 Å². The third-order valence-electron chi connectivity index (χ3n) is 3.35. The van der Waals surface area contributed by atoms with Crippen molar-refractivity contribution in [1.82, 2.24) is 0 Å². The quantitative estimate of drug-likeness (QED) is 0.817. The molecule has 3 N–H and O–H groups in total. The van der Waals surface area contributed by atoms with E-state index >= 15 is 0 Å². The molecule has 1 saturated heterocycles. The van der Waals surface area contributed by atoms with Crippen molar-refractivity contribution in [3.63, 3.8) is 0 Å². The van der Waals surface area contributed by atoms with E-state index in [4.69, 9.17) is 10.5 Å². The van der Waals surface area contributed by atoms with Crippen LogP contribution in [0.15, 0.2) is 18.2 Å². The Bertz CT molecular complexity index is 613. The summed E-state index contributed by atoms with van der Waals surface area (Å²) in [6.07, 6.45) is 1.72. The number of anilines is 2. The lowest BCUT2D eigenvalue weighted by Gasteiger charge is -2.22. The van der Waals surface area contributed by atoms with Crippen LogP contribution in [0, 0.1) is 0 Å². The van der Waals surface area contributed by atoms with Crippen molar-refractivity contribution in [2.24, 2.45) is 0 Å². The van der Waals surface area contributed by atoms with E-state index in [2.05, 4.69) is 5.32 Å². The van der Waals surface area contributed by atoms with Crippen LogP contribution in [0.5, 0.6) is 5.75 Å². The molecule has 1 aliphatic rings. The first-order valence-corrected chi connectivity index (χ1v) is 8.11. The molecule has 1 aliphatic heterocycles. The third kappa shape index (κ3) is 3.04. The van der Waals surface area contributed by atoms with E-state index in [9.17, 15) is 13.2 Å². The van der Waals surface area contributed by atoms with Crippen LogP contribution in [-0.2, 0) is 14.6 Å². The molecular formula is C13H18N2O4S. The molecule has 0 aromatic heterocycles. The van der Waals surface area contributed by atoms with Crippen LogP contribution in [-0.4, -0.2) is 32.4 Å². The average molecular weight is 298 g/mol. The van der Waals surface area contributed by atoms with Gasteiger partial charge in [0.25, 0.3) is 0 Å². The SMILES string of the molecule is COc1ccc(N)cc1NC(=O)C1CCCCS1(=O)=O. The largest absolute Gasteiger partial charge is 0.495 e. The summed E-state index contributed by atoms with van der Waals surface area (Å²) >= 11 is 0. The second-order valence-corrected chi connectivity index (χ2v) is 7.10. The molecule has 0 spiro atoms. The lowest BCUT2D eigenvalue weighted by Crippen LogP contribution is -2.39. The Morgan fingerprint density at radius 3 is 2.80 bits per heavy atom. The van der Waals surface area contributed by atoms with E-state index in [-0.39, 0.29) is 5.75 Å². The van der Waals surface area contributed by atoms with E-state index < -0.39 is 21.0 Å². The normalized spacial score (nSPS) is 21.1. The monoisotopic (exact) mass is 298 g/mol. The molecule has 1 aromatic carbocycles. The minimum absolute atomic E-state index is 0.0686. The number of hydrogen-bond acceptors (Lipinski definition) is 5. The number of hydrogen-bond donors (Lipinski definition) is 2. The molecule has 7 heteroatoms. The Balaban J connectivity index is 2.21. The summed E-state index contributed by atoms with van der Waals surface area (Å²) in [5, 5.41) is 1.62.